The molecule has 106 valence electrons. The lowest BCUT2D eigenvalue weighted by Gasteiger charge is -2.17. The van der Waals surface area contributed by atoms with Crippen LogP contribution in [0.5, 0.6) is 0 Å². The zero-order valence-corrected chi connectivity index (χ0v) is 11.0. The SMILES string of the molecule is O=C1CC(N2C(=O)c3ccc(C(=O)Cl)cc3C2=O)C(=O)O1. The molecule has 2 amide bonds. The molecule has 0 spiro atoms. The van der Waals surface area contributed by atoms with Gasteiger partial charge in [-0.2, -0.15) is 0 Å². The van der Waals surface area contributed by atoms with Gasteiger partial charge >= 0.3 is 11.9 Å². The molecule has 1 saturated heterocycles. The van der Waals surface area contributed by atoms with E-state index in [1.807, 2.05) is 0 Å². The Morgan fingerprint density at radius 3 is 2.38 bits per heavy atom. The Balaban J connectivity index is 2.03. The van der Waals surface area contributed by atoms with E-state index in [2.05, 4.69) is 4.74 Å². The van der Waals surface area contributed by atoms with Crippen LogP contribution in [-0.2, 0) is 14.3 Å². The molecule has 21 heavy (non-hydrogen) atoms. The van der Waals surface area contributed by atoms with E-state index < -0.39 is 35.0 Å². The van der Waals surface area contributed by atoms with Crippen LogP contribution in [0.4, 0.5) is 0 Å². The van der Waals surface area contributed by atoms with Gasteiger partial charge in [-0.05, 0) is 29.8 Å². The standard InChI is InChI=1S/C13H6ClNO6/c14-10(17)5-1-2-6-7(3-5)12(19)15(11(6)18)8-4-9(16)21-13(8)20/h1-3,8H,4H2. The number of hydrogen-bond acceptors (Lipinski definition) is 6. The summed E-state index contributed by atoms with van der Waals surface area (Å²) in [6, 6.07) is 2.52. The fraction of sp³-hybridized carbons (Fsp3) is 0.154. The maximum absolute atomic E-state index is 12.3. The monoisotopic (exact) mass is 307 g/mol. The van der Waals surface area contributed by atoms with E-state index in [0.29, 0.717) is 4.90 Å². The zero-order chi connectivity index (χ0) is 15.3. The van der Waals surface area contributed by atoms with Gasteiger partial charge in [-0.25, -0.2) is 4.79 Å². The van der Waals surface area contributed by atoms with E-state index in [1.54, 1.807) is 0 Å². The maximum atomic E-state index is 12.3. The molecule has 1 aromatic rings. The number of rotatable bonds is 2. The second-order valence-electron chi connectivity index (χ2n) is 4.53. The summed E-state index contributed by atoms with van der Waals surface area (Å²) in [6.45, 7) is 0. The van der Waals surface area contributed by atoms with Crippen LogP contribution in [0.1, 0.15) is 37.5 Å². The number of hydrogen-bond donors (Lipinski definition) is 0. The van der Waals surface area contributed by atoms with Gasteiger partial charge in [0.2, 0.25) is 0 Å². The molecule has 1 aromatic carbocycles. The fourth-order valence-corrected chi connectivity index (χ4v) is 2.44. The highest BCUT2D eigenvalue weighted by Crippen LogP contribution is 2.29. The highest BCUT2D eigenvalue weighted by molar-refractivity contribution is 6.67. The molecule has 7 nitrogen and oxygen atoms in total. The first-order chi connectivity index (χ1) is 9.90. The molecule has 2 aliphatic rings. The Morgan fingerprint density at radius 2 is 1.81 bits per heavy atom. The number of benzene rings is 1. The van der Waals surface area contributed by atoms with Gasteiger partial charge in [0.25, 0.3) is 17.1 Å². The fourth-order valence-electron chi connectivity index (χ4n) is 2.32. The van der Waals surface area contributed by atoms with Gasteiger partial charge in [0, 0.05) is 5.56 Å². The number of amides is 2. The van der Waals surface area contributed by atoms with Gasteiger partial charge in [-0.15, -0.1) is 0 Å². The van der Waals surface area contributed by atoms with Crippen molar-refractivity contribution >= 4 is 40.6 Å². The van der Waals surface area contributed by atoms with Crippen LogP contribution in [0.15, 0.2) is 18.2 Å². The average Bonchev–Trinajstić information content (AvgIpc) is 2.87. The molecule has 2 heterocycles. The number of cyclic esters (lactones) is 2. The summed E-state index contributed by atoms with van der Waals surface area (Å²) in [6.07, 6.45) is -0.369. The molecule has 0 saturated carbocycles. The normalized spacial score (nSPS) is 20.8. The summed E-state index contributed by atoms with van der Waals surface area (Å²) < 4.78 is 4.34. The van der Waals surface area contributed by atoms with Crippen LogP contribution in [0.25, 0.3) is 0 Å². The highest BCUT2D eigenvalue weighted by Gasteiger charge is 2.48. The van der Waals surface area contributed by atoms with Crippen LogP contribution in [-0.4, -0.2) is 39.9 Å². The largest absolute Gasteiger partial charge is 0.392 e. The van der Waals surface area contributed by atoms with Crippen molar-refractivity contribution in [1.82, 2.24) is 4.90 Å². The quantitative estimate of drug-likeness (QED) is 0.341. The number of ether oxygens (including phenoxy) is 1. The van der Waals surface area contributed by atoms with Gasteiger partial charge in [-0.3, -0.25) is 24.1 Å². The van der Waals surface area contributed by atoms with Crippen molar-refractivity contribution in [3.63, 3.8) is 0 Å². The van der Waals surface area contributed by atoms with Crippen LogP contribution >= 0.6 is 11.6 Å². The summed E-state index contributed by atoms with van der Waals surface area (Å²) in [5, 5.41) is -0.771. The van der Waals surface area contributed by atoms with Gasteiger partial charge in [0.05, 0.1) is 17.5 Å². The van der Waals surface area contributed by atoms with E-state index in [1.165, 1.54) is 18.2 Å². The average molecular weight is 308 g/mol. The summed E-state index contributed by atoms with van der Waals surface area (Å²) in [5.74, 6) is -3.20. The molecule has 0 aromatic heterocycles. The first-order valence-electron chi connectivity index (χ1n) is 5.86. The number of nitrogens with zero attached hydrogens (tertiary/aromatic N) is 1. The van der Waals surface area contributed by atoms with Gasteiger partial charge < -0.3 is 4.74 Å². The van der Waals surface area contributed by atoms with Crippen molar-refractivity contribution in [3.05, 3.63) is 34.9 Å². The first kappa shape index (κ1) is 13.4. The molecule has 1 unspecified atom stereocenters. The Morgan fingerprint density at radius 1 is 1.14 bits per heavy atom. The molecule has 8 heteroatoms. The zero-order valence-electron chi connectivity index (χ0n) is 10.3. The third-order valence-corrected chi connectivity index (χ3v) is 3.52. The third kappa shape index (κ3) is 1.93. The van der Waals surface area contributed by atoms with Crippen molar-refractivity contribution < 1.29 is 28.7 Å². The Bertz CT molecular complexity index is 740. The van der Waals surface area contributed by atoms with E-state index in [4.69, 9.17) is 11.6 Å². The van der Waals surface area contributed by atoms with E-state index >= 15 is 0 Å². The number of carbonyl (C=O) groups excluding carboxylic acids is 5. The number of halogens is 1. The minimum Gasteiger partial charge on any atom is -0.392 e. The smallest absolute Gasteiger partial charge is 0.337 e. The maximum Gasteiger partial charge on any atom is 0.337 e. The van der Waals surface area contributed by atoms with Crippen LogP contribution < -0.4 is 0 Å². The lowest BCUT2D eigenvalue weighted by atomic mass is 10.1. The minimum atomic E-state index is -1.26. The van der Waals surface area contributed by atoms with Crippen molar-refractivity contribution in [2.45, 2.75) is 12.5 Å². The van der Waals surface area contributed by atoms with Crippen molar-refractivity contribution in [2.75, 3.05) is 0 Å². The number of esters is 2. The van der Waals surface area contributed by atoms with E-state index in [0.717, 1.165) is 0 Å². The molecule has 1 fully saturated rings. The second kappa shape index (κ2) is 4.49. The minimum absolute atomic E-state index is 0.0290. The summed E-state index contributed by atoms with van der Waals surface area (Å²) in [7, 11) is 0. The lowest BCUT2D eigenvalue weighted by Crippen LogP contribution is -2.42. The highest BCUT2D eigenvalue weighted by atomic mass is 35.5. The molecule has 0 bridgehead atoms. The Kier molecular flexibility index (Phi) is 2.87. The molecule has 0 radical (unpaired) electrons. The summed E-state index contributed by atoms with van der Waals surface area (Å²) in [4.78, 5) is 58.9. The number of carbonyl (C=O) groups is 5. The number of fused-ring (bicyclic) bond motifs is 1. The molecule has 3 rings (SSSR count). The third-order valence-electron chi connectivity index (χ3n) is 3.30. The predicted octanol–water partition coefficient (Wildman–Crippen LogP) is 0.504. The molecule has 0 aliphatic carbocycles. The summed E-state index contributed by atoms with van der Waals surface area (Å²) >= 11 is 5.33. The first-order valence-corrected chi connectivity index (χ1v) is 6.24. The van der Waals surface area contributed by atoms with E-state index in [-0.39, 0.29) is 23.1 Å². The number of imide groups is 1. The van der Waals surface area contributed by atoms with Crippen LogP contribution in [0, 0.1) is 0 Å². The molecule has 1 atom stereocenters. The Hall–Kier alpha value is -2.54. The van der Waals surface area contributed by atoms with Gasteiger partial charge in [0.1, 0.15) is 6.04 Å². The van der Waals surface area contributed by atoms with Crippen molar-refractivity contribution in [2.24, 2.45) is 0 Å². The van der Waals surface area contributed by atoms with Gasteiger partial charge in [-0.1, -0.05) is 0 Å². The molecular formula is C13H6ClNO6. The molecule has 2 aliphatic heterocycles. The second-order valence-corrected chi connectivity index (χ2v) is 4.87. The van der Waals surface area contributed by atoms with Crippen molar-refractivity contribution in [1.29, 1.82) is 0 Å². The van der Waals surface area contributed by atoms with E-state index in [9.17, 15) is 24.0 Å². The molecule has 0 N–H and O–H groups in total. The topological polar surface area (TPSA) is 97.8 Å². The van der Waals surface area contributed by atoms with Crippen LogP contribution in [0.3, 0.4) is 0 Å². The molecular weight excluding hydrogens is 302 g/mol. The Labute approximate surface area is 122 Å². The van der Waals surface area contributed by atoms with Gasteiger partial charge in [0.15, 0.2) is 0 Å². The van der Waals surface area contributed by atoms with Crippen molar-refractivity contribution in [3.8, 4) is 0 Å². The van der Waals surface area contributed by atoms with Crippen LogP contribution in [0.2, 0.25) is 0 Å². The lowest BCUT2D eigenvalue weighted by molar-refractivity contribution is -0.153. The summed E-state index contributed by atoms with van der Waals surface area (Å²) in [5.41, 5.74) is 0.0796. The predicted molar refractivity (Wildman–Crippen MR) is 66.6 cm³/mol.